The number of anilines is 1. The molecule has 4 nitrogen and oxygen atoms in total. The summed E-state index contributed by atoms with van der Waals surface area (Å²) in [4.78, 5) is 7.42. The molecule has 8 heteroatoms. The largest absolute Gasteiger partial charge is 0.433 e. The summed E-state index contributed by atoms with van der Waals surface area (Å²) in [5.41, 5.74) is 4.91. The van der Waals surface area contributed by atoms with Crippen molar-refractivity contribution in [1.82, 2.24) is 9.97 Å². The fraction of sp³-hybridized carbons (Fsp3) is 0.444. The molecule has 0 atom stereocenters. The first-order chi connectivity index (χ1) is 7.88. The predicted molar refractivity (Wildman–Crippen MR) is 59.5 cm³/mol. The molecule has 1 aliphatic rings. The second-order valence-corrected chi connectivity index (χ2v) is 4.10. The molecule has 0 unspecified atom stereocenters. The van der Waals surface area contributed by atoms with Gasteiger partial charge >= 0.3 is 6.18 Å². The number of thiocarbonyl (C=S) groups is 1. The highest BCUT2D eigenvalue weighted by Gasteiger charge is 2.38. The van der Waals surface area contributed by atoms with Crippen LogP contribution in [0.5, 0.6) is 0 Å². The first-order valence-electron chi connectivity index (χ1n) is 4.91. The van der Waals surface area contributed by atoms with Gasteiger partial charge in [0.25, 0.3) is 0 Å². The lowest BCUT2D eigenvalue weighted by Gasteiger charge is -2.12. The standard InChI is InChI=1S/C9H9F3N4S/c10-9(11,12)6-4-2-1-3-5(4)14-8(15-6)16-7(13)17/h1-3H2,(H3,13,14,15,16,17). The Bertz CT molecular complexity index is 472. The maximum absolute atomic E-state index is 12.8. The average Bonchev–Trinajstić information content (AvgIpc) is 2.61. The highest BCUT2D eigenvalue weighted by Crippen LogP contribution is 2.35. The second kappa shape index (κ2) is 4.10. The quantitative estimate of drug-likeness (QED) is 0.753. The first kappa shape index (κ1) is 12.0. The van der Waals surface area contributed by atoms with Crippen molar-refractivity contribution in [2.75, 3.05) is 5.32 Å². The molecule has 0 bridgehead atoms. The van der Waals surface area contributed by atoms with Gasteiger partial charge in [-0.1, -0.05) is 0 Å². The van der Waals surface area contributed by atoms with Crippen LogP contribution < -0.4 is 11.1 Å². The number of nitrogens with two attached hydrogens (primary N) is 1. The monoisotopic (exact) mass is 262 g/mol. The summed E-state index contributed by atoms with van der Waals surface area (Å²) in [5.74, 6) is -0.189. The smallest absolute Gasteiger partial charge is 0.376 e. The number of alkyl halides is 3. The summed E-state index contributed by atoms with van der Waals surface area (Å²) in [6, 6.07) is 0. The van der Waals surface area contributed by atoms with Gasteiger partial charge in [-0.15, -0.1) is 0 Å². The SMILES string of the molecule is NC(=S)Nc1nc2c(c(C(F)(F)F)n1)CCC2. The van der Waals surface area contributed by atoms with Crippen LogP contribution in [0.25, 0.3) is 0 Å². The molecule has 0 saturated heterocycles. The second-order valence-electron chi connectivity index (χ2n) is 3.66. The Hall–Kier alpha value is -1.44. The van der Waals surface area contributed by atoms with Crippen LogP contribution in [-0.2, 0) is 19.0 Å². The van der Waals surface area contributed by atoms with Gasteiger partial charge in [-0.2, -0.15) is 13.2 Å². The van der Waals surface area contributed by atoms with Gasteiger partial charge in [-0.05, 0) is 31.5 Å². The normalized spacial score (nSPS) is 14.5. The van der Waals surface area contributed by atoms with Crippen LogP contribution in [0.2, 0.25) is 0 Å². The van der Waals surface area contributed by atoms with E-state index in [0.717, 1.165) is 0 Å². The molecule has 0 spiro atoms. The molecule has 0 radical (unpaired) electrons. The van der Waals surface area contributed by atoms with Crippen molar-refractivity contribution in [3.63, 3.8) is 0 Å². The minimum atomic E-state index is -4.48. The number of nitrogens with one attached hydrogen (secondary N) is 1. The van der Waals surface area contributed by atoms with E-state index in [1.54, 1.807) is 0 Å². The molecule has 17 heavy (non-hydrogen) atoms. The number of aromatic nitrogens is 2. The Morgan fingerprint density at radius 3 is 2.59 bits per heavy atom. The lowest BCUT2D eigenvalue weighted by molar-refractivity contribution is -0.141. The number of fused-ring (bicyclic) bond motifs is 1. The number of aryl methyl sites for hydroxylation is 1. The van der Waals surface area contributed by atoms with Gasteiger partial charge in [-0.3, -0.25) is 0 Å². The van der Waals surface area contributed by atoms with E-state index in [1.807, 2.05) is 0 Å². The van der Waals surface area contributed by atoms with Crippen LogP contribution in [0.15, 0.2) is 0 Å². The third kappa shape index (κ3) is 2.46. The first-order valence-corrected chi connectivity index (χ1v) is 5.32. The summed E-state index contributed by atoms with van der Waals surface area (Å²) in [6.07, 6.45) is -2.95. The van der Waals surface area contributed by atoms with Gasteiger partial charge in [0.1, 0.15) is 0 Å². The minimum Gasteiger partial charge on any atom is -0.376 e. The van der Waals surface area contributed by atoms with Crippen LogP contribution in [0.3, 0.4) is 0 Å². The molecule has 3 N–H and O–H groups in total. The topological polar surface area (TPSA) is 63.8 Å². The maximum Gasteiger partial charge on any atom is 0.433 e. The van der Waals surface area contributed by atoms with Crippen LogP contribution in [0, 0.1) is 0 Å². The van der Waals surface area contributed by atoms with Crippen molar-refractivity contribution in [2.45, 2.75) is 25.4 Å². The van der Waals surface area contributed by atoms with E-state index in [4.69, 9.17) is 5.73 Å². The molecule has 0 aliphatic heterocycles. The summed E-state index contributed by atoms with van der Waals surface area (Å²) >= 11 is 4.55. The van der Waals surface area contributed by atoms with Gasteiger partial charge in [0.2, 0.25) is 5.95 Å². The maximum atomic E-state index is 12.8. The number of hydrogen-bond acceptors (Lipinski definition) is 3. The van der Waals surface area contributed by atoms with Crippen molar-refractivity contribution in [2.24, 2.45) is 5.73 Å². The number of rotatable bonds is 1. The van der Waals surface area contributed by atoms with Gasteiger partial charge in [0.05, 0.1) is 0 Å². The predicted octanol–water partition coefficient (Wildman–Crippen LogP) is 1.64. The highest BCUT2D eigenvalue weighted by molar-refractivity contribution is 7.80. The third-order valence-corrected chi connectivity index (χ3v) is 2.54. The van der Waals surface area contributed by atoms with E-state index in [1.165, 1.54) is 0 Å². The molecule has 92 valence electrons. The Balaban J connectivity index is 2.50. The van der Waals surface area contributed by atoms with Crippen LogP contribution in [0.1, 0.15) is 23.4 Å². The minimum absolute atomic E-state index is 0.156. The zero-order valence-corrected chi connectivity index (χ0v) is 9.45. The molecule has 0 amide bonds. The van der Waals surface area contributed by atoms with Crippen molar-refractivity contribution in [3.8, 4) is 0 Å². The summed E-state index contributed by atoms with van der Waals surface area (Å²) in [5, 5.41) is 2.18. The highest BCUT2D eigenvalue weighted by atomic mass is 32.1. The van der Waals surface area contributed by atoms with Gasteiger partial charge < -0.3 is 11.1 Å². The molecule has 1 aromatic rings. The summed E-state index contributed by atoms with van der Waals surface area (Å²) in [6.45, 7) is 0. The molecule has 0 fully saturated rings. The van der Waals surface area contributed by atoms with Crippen LogP contribution >= 0.6 is 12.2 Å². The number of hydrogen-bond donors (Lipinski definition) is 2. The van der Waals surface area contributed by atoms with E-state index in [-0.39, 0.29) is 16.6 Å². The third-order valence-electron chi connectivity index (χ3n) is 2.44. The van der Waals surface area contributed by atoms with Gasteiger partial charge in [-0.25, -0.2) is 9.97 Å². The Kier molecular flexibility index (Phi) is 2.90. The van der Waals surface area contributed by atoms with Crippen LogP contribution in [0.4, 0.5) is 19.1 Å². The molecular formula is C9H9F3N4S. The summed E-state index contributed by atoms with van der Waals surface area (Å²) in [7, 11) is 0. The molecule has 1 aliphatic carbocycles. The number of halogens is 3. The molecule has 1 heterocycles. The molecular weight excluding hydrogens is 253 g/mol. The van der Waals surface area contributed by atoms with Crippen LogP contribution in [-0.4, -0.2) is 15.1 Å². The molecule has 0 aromatic carbocycles. The van der Waals surface area contributed by atoms with Crippen molar-refractivity contribution < 1.29 is 13.2 Å². The van der Waals surface area contributed by atoms with E-state index in [9.17, 15) is 13.2 Å². The van der Waals surface area contributed by atoms with E-state index in [0.29, 0.717) is 25.0 Å². The Morgan fingerprint density at radius 2 is 2.00 bits per heavy atom. The average molecular weight is 262 g/mol. The number of nitrogens with zero attached hydrogens (tertiary/aromatic N) is 2. The van der Waals surface area contributed by atoms with Crippen molar-refractivity contribution >= 4 is 23.3 Å². The van der Waals surface area contributed by atoms with Gasteiger partial charge in [0, 0.05) is 11.3 Å². The molecule has 2 rings (SSSR count). The summed E-state index contributed by atoms with van der Waals surface area (Å²) < 4.78 is 38.3. The lowest BCUT2D eigenvalue weighted by atomic mass is 10.2. The van der Waals surface area contributed by atoms with E-state index in [2.05, 4.69) is 27.5 Å². The molecule has 0 saturated carbocycles. The lowest BCUT2D eigenvalue weighted by Crippen LogP contribution is -2.23. The molecule has 1 aromatic heterocycles. The fourth-order valence-electron chi connectivity index (χ4n) is 1.83. The fourth-order valence-corrected chi connectivity index (χ4v) is 1.92. The van der Waals surface area contributed by atoms with Crippen molar-refractivity contribution in [3.05, 3.63) is 17.0 Å². The van der Waals surface area contributed by atoms with E-state index < -0.39 is 11.9 Å². The van der Waals surface area contributed by atoms with Gasteiger partial charge in [0.15, 0.2) is 10.8 Å². The Labute approximate surface area is 100 Å². The van der Waals surface area contributed by atoms with Crippen molar-refractivity contribution in [1.29, 1.82) is 0 Å². The zero-order valence-electron chi connectivity index (χ0n) is 8.64. The Morgan fingerprint density at radius 1 is 1.29 bits per heavy atom. The van der Waals surface area contributed by atoms with E-state index >= 15 is 0 Å². The zero-order chi connectivity index (χ0) is 12.6.